The number of hydrogen-bond donors (Lipinski definition) is 1. The van der Waals surface area contributed by atoms with Gasteiger partial charge in [-0.3, -0.25) is 0 Å². The normalized spacial score (nSPS) is 8.83. The highest BCUT2D eigenvalue weighted by molar-refractivity contribution is 4.85. The molecule has 1 rings (SSSR count). The molecule has 31 valence electrons. The minimum atomic E-state index is -0.407. The Labute approximate surface area is 34.8 Å². The number of rotatable bonds is 0. The molecular formula is C4H3FN. The van der Waals surface area contributed by atoms with Crippen LogP contribution in [0.5, 0.6) is 0 Å². The third-order valence-corrected chi connectivity index (χ3v) is 0.503. The molecule has 2 heteroatoms. The second-order valence-corrected chi connectivity index (χ2v) is 0.936. The van der Waals surface area contributed by atoms with Crippen LogP contribution >= 0.6 is 0 Å². The van der Waals surface area contributed by atoms with E-state index < -0.39 is 5.95 Å². The molecule has 0 unspecified atom stereocenters. The van der Waals surface area contributed by atoms with Gasteiger partial charge >= 0.3 is 0 Å². The summed E-state index contributed by atoms with van der Waals surface area (Å²) >= 11 is 0. The molecule has 0 fully saturated rings. The molecule has 0 aliphatic heterocycles. The Morgan fingerprint density at radius 2 is 2.67 bits per heavy atom. The molecule has 1 radical (unpaired) electrons. The number of nitrogens with one attached hydrogen (secondary N) is 1. The lowest BCUT2D eigenvalue weighted by Gasteiger charge is -1.64. The molecule has 1 nitrogen and oxygen atoms in total. The zero-order valence-electron chi connectivity index (χ0n) is 3.03. The second-order valence-electron chi connectivity index (χ2n) is 0.936. The molecule has 0 aromatic carbocycles. The predicted octanol–water partition coefficient (Wildman–Crippen LogP) is 0.954. The minimum absolute atomic E-state index is 0.407. The van der Waals surface area contributed by atoms with Crippen molar-refractivity contribution in [3.05, 3.63) is 24.3 Å². The largest absolute Gasteiger partial charge is 0.338 e. The van der Waals surface area contributed by atoms with Gasteiger partial charge in [-0.15, -0.1) is 0 Å². The zero-order chi connectivity index (χ0) is 4.41. The van der Waals surface area contributed by atoms with Crippen molar-refractivity contribution in [2.75, 3.05) is 0 Å². The van der Waals surface area contributed by atoms with E-state index in [1.807, 2.05) is 0 Å². The fourth-order valence-corrected chi connectivity index (χ4v) is 0.271. The summed E-state index contributed by atoms with van der Waals surface area (Å²) in [6, 6.07) is 3.76. The van der Waals surface area contributed by atoms with E-state index in [0.717, 1.165) is 0 Å². The van der Waals surface area contributed by atoms with Crippen LogP contribution in [-0.4, -0.2) is 4.98 Å². The van der Waals surface area contributed by atoms with Crippen LogP contribution in [0.3, 0.4) is 0 Å². The van der Waals surface area contributed by atoms with Crippen LogP contribution in [-0.2, 0) is 0 Å². The van der Waals surface area contributed by atoms with Crippen LogP contribution in [0.1, 0.15) is 0 Å². The summed E-state index contributed by atoms with van der Waals surface area (Å²) in [6.45, 7) is 0. The van der Waals surface area contributed by atoms with Gasteiger partial charge in [-0.1, -0.05) is 0 Å². The van der Waals surface area contributed by atoms with Gasteiger partial charge in [0.2, 0.25) is 0 Å². The smallest absolute Gasteiger partial charge is 0.199 e. The van der Waals surface area contributed by atoms with Gasteiger partial charge in [0.05, 0.1) is 0 Å². The Bertz CT molecular complexity index is 111. The molecule has 1 aromatic rings. The summed E-state index contributed by atoms with van der Waals surface area (Å²) in [7, 11) is 0. The first-order valence-corrected chi connectivity index (χ1v) is 1.60. The van der Waals surface area contributed by atoms with Crippen LogP contribution in [0.25, 0.3) is 0 Å². The number of halogens is 1. The van der Waals surface area contributed by atoms with Crippen LogP contribution < -0.4 is 0 Å². The van der Waals surface area contributed by atoms with Crippen molar-refractivity contribution in [1.29, 1.82) is 0 Å². The molecule has 1 N–H and O–H groups in total. The van der Waals surface area contributed by atoms with E-state index in [2.05, 4.69) is 11.1 Å². The van der Waals surface area contributed by atoms with Crippen molar-refractivity contribution in [2.24, 2.45) is 0 Å². The lowest BCUT2D eigenvalue weighted by Crippen LogP contribution is -1.61. The molecule has 1 aromatic heterocycles. The van der Waals surface area contributed by atoms with Crippen molar-refractivity contribution < 1.29 is 4.39 Å². The molecule has 0 spiro atoms. The van der Waals surface area contributed by atoms with Gasteiger partial charge in [0.1, 0.15) is 0 Å². The van der Waals surface area contributed by atoms with E-state index in [0.29, 0.717) is 0 Å². The Kier molecular flexibility index (Phi) is 0.638. The first-order chi connectivity index (χ1) is 2.89. The summed E-state index contributed by atoms with van der Waals surface area (Å²) in [5.41, 5.74) is 0. The maximum Gasteiger partial charge on any atom is 0.199 e. The average molecular weight is 84.1 g/mol. The highest BCUT2D eigenvalue weighted by Crippen LogP contribution is 1.84. The summed E-state index contributed by atoms with van der Waals surface area (Å²) in [5, 5.41) is 0. The third-order valence-electron chi connectivity index (χ3n) is 0.503. The van der Waals surface area contributed by atoms with Crippen molar-refractivity contribution in [2.45, 2.75) is 0 Å². The van der Waals surface area contributed by atoms with E-state index in [-0.39, 0.29) is 0 Å². The first-order valence-electron chi connectivity index (χ1n) is 1.60. The van der Waals surface area contributed by atoms with Crippen molar-refractivity contribution in [1.82, 2.24) is 4.98 Å². The van der Waals surface area contributed by atoms with Crippen LogP contribution in [0.4, 0.5) is 4.39 Å². The van der Waals surface area contributed by atoms with E-state index in [1.54, 1.807) is 0 Å². The van der Waals surface area contributed by atoms with Gasteiger partial charge in [-0.05, 0) is 6.07 Å². The number of aromatic amines is 1. The van der Waals surface area contributed by atoms with Crippen LogP contribution in [0.15, 0.2) is 12.3 Å². The second kappa shape index (κ2) is 1.12. The zero-order valence-corrected chi connectivity index (χ0v) is 3.03. The molecule has 0 saturated heterocycles. The van der Waals surface area contributed by atoms with E-state index in [9.17, 15) is 4.39 Å². The van der Waals surface area contributed by atoms with Crippen LogP contribution in [0.2, 0.25) is 0 Å². The van der Waals surface area contributed by atoms with Gasteiger partial charge < -0.3 is 4.98 Å². The molecule has 0 bridgehead atoms. The van der Waals surface area contributed by atoms with E-state index >= 15 is 0 Å². The minimum Gasteiger partial charge on any atom is -0.338 e. The van der Waals surface area contributed by atoms with Crippen molar-refractivity contribution in [3.8, 4) is 0 Å². The van der Waals surface area contributed by atoms with Gasteiger partial charge in [0.25, 0.3) is 0 Å². The van der Waals surface area contributed by atoms with Gasteiger partial charge in [0, 0.05) is 12.3 Å². The lowest BCUT2D eigenvalue weighted by atomic mass is 10.7. The van der Waals surface area contributed by atoms with E-state index in [1.165, 1.54) is 12.3 Å². The monoisotopic (exact) mass is 84.0 g/mol. The van der Waals surface area contributed by atoms with Gasteiger partial charge in [-0.2, -0.15) is 4.39 Å². The fourth-order valence-electron chi connectivity index (χ4n) is 0.271. The molecule has 0 aliphatic carbocycles. The standard InChI is InChI=1S/C4H3FN/c5-4-2-1-3-6-4/h1,3,6H. The highest BCUT2D eigenvalue weighted by atomic mass is 19.1. The first kappa shape index (κ1) is 3.40. The Balaban J connectivity index is 3.05. The van der Waals surface area contributed by atoms with Gasteiger partial charge in [-0.25, -0.2) is 0 Å². The maximum atomic E-state index is 11.6. The summed E-state index contributed by atoms with van der Waals surface area (Å²) in [5.74, 6) is -0.407. The topological polar surface area (TPSA) is 15.8 Å². The van der Waals surface area contributed by atoms with E-state index in [4.69, 9.17) is 0 Å². The molecule has 6 heavy (non-hydrogen) atoms. The lowest BCUT2D eigenvalue weighted by molar-refractivity contribution is 0.589. The molecule has 0 atom stereocenters. The van der Waals surface area contributed by atoms with Crippen molar-refractivity contribution >= 4 is 0 Å². The SMILES string of the molecule is Fc1[c]cc[nH]1. The quantitative estimate of drug-likeness (QED) is 0.481. The number of aromatic nitrogens is 1. The molecular weight excluding hydrogens is 81.0 g/mol. The number of hydrogen-bond acceptors (Lipinski definition) is 0. The van der Waals surface area contributed by atoms with Gasteiger partial charge in [0.15, 0.2) is 5.95 Å². The summed E-state index contributed by atoms with van der Waals surface area (Å²) in [4.78, 5) is 2.28. The Morgan fingerprint density at radius 1 is 1.83 bits per heavy atom. The molecule has 0 amide bonds. The van der Waals surface area contributed by atoms with Crippen LogP contribution in [0, 0.1) is 12.0 Å². The molecule has 0 saturated carbocycles. The molecule has 1 heterocycles. The fraction of sp³-hybridized carbons (Fsp3) is 0. The summed E-state index contributed by atoms with van der Waals surface area (Å²) < 4.78 is 11.6. The number of H-pyrrole nitrogens is 1. The highest BCUT2D eigenvalue weighted by Gasteiger charge is 1.79. The molecule has 0 aliphatic rings. The summed E-state index contributed by atoms with van der Waals surface area (Å²) in [6.07, 6.45) is 1.48. The average Bonchev–Trinajstić information content (AvgIpc) is 1.86. The third kappa shape index (κ3) is 0.407. The Hall–Kier alpha value is -0.790. The maximum absolute atomic E-state index is 11.6. The van der Waals surface area contributed by atoms with Crippen molar-refractivity contribution in [3.63, 3.8) is 0 Å². The predicted molar refractivity (Wildman–Crippen MR) is 19.6 cm³/mol. The Morgan fingerprint density at radius 3 is 2.83 bits per heavy atom.